The summed E-state index contributed by atoms with van der Waals surface area (Å²) in [6.45, 7) is 8.02. The molecule has 0 aliphatic carbocycles. The second-order valence-electron chi connectivity index (χ2n) is 11.4. The van der Waals surface area contributed by atoms with Crippen molar-refractivity contribution in [1.82, 2.24) is 9.55 Å². The first-order valence-corrected chi connectivity index (χ1v) is 15.1. The fourth-order valence-corrected chi connectivity index (χ4v) is 5.80. The van der Waals surface area contributed by atoms with Crippen LogP contribution in [0.3, 0.4) is 0 Å². The molecule has 0 radical (unpaired) electrons. The highest BCUT2D eigenvalue weighted by molar-refractivity contribution is 7.46. The lowest BCUT2D eigenvalue weighted by Crippen LogP contribution is -2.25. The highest BCUT2D eigenvalue weighted by Crippen LogP contribution is 2.38. The molecule has 10 heteroatoms. The predicted octanol–water partition coefficient (Wildman–Crippen LogP) is 6.73. The van der Waals surface area contributed by atoms with Gasteiger partial charge in [0.25, 0.3) is 0 Å². The second kappa shape index (κ2) is 11.2. The third-order valence-corrected chi connectivity index (χ3v) is 7.56. The van der Waals surface area contributed by atoms with Crippen molar-refractivity contribution in [2.24, 2.45) is 10.4 Å². The van der Waals surface area contributed by atoms with Crippen molar-refractivity contribution in [2.45, 2.75) is 40.5 Å². The lowest BCUT2D eigenvalue weighted by atomic mass is 9.82. The van der Waals surface area contributed by atoms with Crippen LogP contribution in [-0.4, -0.2) is 38.1 Å². The number of hydrogen-bond acceptors (Lipinski definition) is 5. The van der Waals surface area contributed by atoms with Gasteiger partial charge in [0, 0.05) is 29.3 Å². The summed E-state index contributed by atoms with van der Waals surface area (Å²) in [5, 5.41) is 0.921. The average Bonchev–Trinajstić information content (AvgIpc) is 3.56. The molecule has 0 saturated heterocycles. The monoisotopic (exact) mass is 587 g/mol. The minimum atomic E-state index is -4.67. The van der Waals surface area contributed by atoms with E-state index in [1.807, 2.05) is 76.2 Å². The van der Waals surface area contributed by atoms with Crippen LogP contribution in [0.5, 0.6) is 5.75 Å². The molecule has 3 N–H and O–H groups in total. The number of carbonyl (C=O) groups excluding carboxylic acids is 1. The Morgan fingerprint density at radius 2 is 1.86 bits per heavy atom. The minimum Gasteiger partial charge on any atom is -0.494 e. The Balaban J connectivity index is 1.48. The molecule has 218 valence electrons. The van der Waals surface area contributed by atoms with Gasteiger partial charge in [-0.1, -0.05) is 44.2 Å². The average molecular weight is 588 g/mol. The number of methoxy groups -OCH3 is 1. The number of phosphoric ester groups is 1. The Bertz CT molecular complexity index is 1820. The van der Waals surface area contributed by atoms with Crippen molar-refractivity contribution in [3.05, 3.63) is 106 Å². The third kappa shape index (κ3) is 6.49. The fourth-order valence-electron chi connectivity index (χ4n) is 5.41. The molecule has 0 fully saturated rings. The zero-order valence-corrected chi connectivity index (χ0v) is 25.1. The van der Waals surface area contributed by atoms with Crippen LogP contribution in [0, 0.1) is 19.3 Å². The number of fused-ring (bicyclic) bond motifs is 1. The number of carbonyl (C=O) groups is 1. The topological polar surface area (TPSA) is 126 Å². The maximum absolute atomic E-state index is 14.0. The van der Waals surface area contributed by atoms with Crippen LogP contribution in [0.15, 0.2) is 83.2 Å². The Hall–Kier alpha value is -4.17. The van der Waals surface area contributed by atoms with Gasteiger partial charge in [0.2, 0.25) is 5.91 Å². The summed E-state index contributed by atoms with van der Waals surface area (Å²) in [5.74, 6) is 0.594. The normalized spacial score (nSPS) is 14.8. The number of nitrogens with zero attached hydrogens (tertiary/aromatic N) is 2. The van der Waals surface area contributed by atoms with Crippen molar-refractivity contribution in [3.63, 3.8) is 0 Å². The number of ether oxygens (including phenoxy) is 1. The van der Waals surface area contributed by atoms with Crippen LogP contribution >= 0.6 is 7.82 Å². The van der Waals surface area contributed by atoms with Gasteiger partial charge in [-0.2, -0.15) is 0 Å². The minimum absolute atomic E-state index is 0.0789. The van der Waals surface area contributed by atoms with Crippen LogP contribution in [0.2, 0.25) is 0 Å². The highest BCUT2D eigenvalue weighted by atomic mass is 31.2. The molecule has 42 heavy (non-hydrogen) atoms. The summed E-state index contributed by atoms with van der Waals surface area (Å²) < 4.78 is 23.4. The number of phosphoric acid groups is 1. The summed E-state index contributed by atoms with van der Waals surface area (Å²) in [5.41, 5.74) is 6.17. The van der Waals surface area contributed by atoms with E-state index in [2.05, 4.69) is 11.1 Å². The first-order valence-electron chi connectivity index (χ1n) is 13.5. The summed E-state index contributed by atoms with van der Waals surface area (Å²) in [7, 11) is -3.07. The van der Waals surface area contributed by atoms with Gasteiger partial charge in [-0.3, -0.25) is 19.1 Å². The first kappa shape index (κ1) is 29.3. The van der Waals surface area contributed by atoms with E-state index in [9.17, 15) is 19.1 Å². The van der Waals surface area contributed by atoms with Gasteiger partial charge in [-0.05, 0) is 73.2 Å². The van der Waals surface area contributed by atoms with Crippen molar-refractivity contribution in [1.29, 1.82) is 0 Å². The van der Waals surface area contributed by atoms with Crippen LogP contribution in [0.25, 0.3) is 17.0 Å². The van der Waals surface area contributed by atoms with Crippen molar-refractivity contribution in [3.8, 4) is 5.75 Å². The smallest absolute Gasteiger partial charge is 0.494 e. The summed E-state index contributed by atoms with van der Waals surface area (Å²) in [6.07, 6.45) is 4.50. The number of aryl methyl sites for hydroxylation is 2. The molecule has 0 saturated carbocycles. The lowest BCUT2D eigenvalue weighted by Gasteiger charge is -2.25. The van der Waals surface area contributed by atoms with Crippen LogP contribution < -0.4 is 4.52 Å². The van der Waals surface area contributed by atoms with Crippen molar-refractivity contribution >= 4 is 36.4 Å². The largest absolute Gasteiger partial charge is 0.524 e. The summed E-state index contributed by atoms with van der Waals surface area (Å²) in [4.78, 5) is 40.6. The van der Waals surface area contributed by atoms with E-state index < -0.39 is 13.2 Å². The number of hydrogen-bond donors (Lipinski definition) is 3. The molecule has 9 nitrogen and oxygen atoms in total. The number of aliphatic imine (C=N–C) groups is 1. The van der Waals surface area contributed by atoms with Gasteiger partial charge < -0.3 is 14.2 Å². The second-order valence-corrected chi connectivity index (χ2v) is 12.5. The first-order chi connectivity index (χ1) is 19.8. The van der Waals surface area contributed by atoms with E-state index in [1.54, 1.807) is 23.8 Å². The number of para-hydroxylation sites is 1. The van der Waals surface area contributed by atoms with Gasteiger partial charge in [0.15, 0.2) is 0 Å². The number of aromatic amines is 1. The molecule has 0 atom stereocenters. The number of allylic oxidation sites excluding steroid dienone is 1. The maximum Gasteiger partial charge on any atom is 0.524 e. The van der Waals surface area contributed by atoms with Crippen LogP contribution in [-0.2, 0) is 15.7 Å². The molecule has 0 spiro atoms. The van der Waals surface area contributed by atoms with Crippen LogP contribution in [0.1, 0.15) is 53.3 Å². The van der Waals surface area contributed by atoms with Gasteiger partial charge >= 0.3 is 7.82 Å². The lowest BCUT2D eigenvalue weighted by molar-refractivity contribution is 0.0852. The molecule has 5 rings (SSSR count). The number of H-pyrrole nitrogens is 1. The molecule has 3 heterocycles. The zero-order chi connectivity index (χ0) is 30.2. The molecular formula is C32H34N3O6P. The van der Waals surface area contributed by atoms with Gasteiger partial charge in [-0.25, -0.2) is 9.56 Å². The standard InChI is InChI=1S/C32H34N3O6P/c1-20-13-21(2)33-25(20)16-27-30(40-5)17-26(34-27)29-15-23-10-6-7-12-28(23)35(29)31(36)19-32(3,4)18-22-9-8-11-24(14-22)41-42(37,38)39/h6-17,33H,18-19H2,1-5H3,(H2,37,38,39). The number of rotatable bonds is 9. The van der Waals surface area contributed by atoms with E-state index in [1.165, 1.54) is 6.07 Å². The molecule has 1 aliphatic rings. The molecule has 1 aliphatic heterocycles. The highest BCUT2D eigenvalue weighted by Gasteiger charge is 2.28. The Kier molecular flexibility index (Phi) is 7.86. The Morgan fingerprint density at radius 1 is 1.10 bits per heavy atom. The van der Waals surface area contributed by atoms with E-state index >= 15 is 0 Å². The number of benzene rings is 2. The van der Waals surface area contributed by atoms with Crippen molar-refractivity contribution < 1.29 is 28.4 Å². The molecule has 2 aromatic carbocycles. The quantitative estimate of drug-likeness (QED) is 0.186. The zero-order valence-electron chi connectivity index (χ0n) is 24.2. The van der Waals surface area contributed by atoms with Gasteiger partial charge in [-0.15, -0.1) is 0 Å². The SMILES string of the molecule is COC1=CC(c2cc3ccccc3n2C(=O)CC(C)(C)Cc2cccc(OP(=O)(O)O)c2)=NC1=Cc1[nH]c(C)cc1C. The number of nitrogens with one attached hydrogen (secondary N) is 1. The fraction of sp³-hybridized carbons (Fsp3) is 0.250. The van der Waals surface area contributed by atoms with Crippen molar-refractivity contribution in [2.75, 3.05) is 7.11 Å². The van der Waals surface area contributed by atoms with Gasteiger partial charge in [0.05, 0.1) is 24.0 Å². The molecule has 0 unspecified atom stereocenters. The molecule has 4 aromatic rings. The molecule has 0 amide bonds. The van der Waals surface area contributed by atoms with E-state index in [-0.39, 0.29) is 18.1 Å². The van der Waals surface area contributed by atoms with E-state index in [0.29, 0.717) is 29.3 Å². The van der Waals surface area contributed by atoms with E-state index in [0.717, 1.165) is 33.4 Å². The number of aromatic nitrogens is 2. The van der Waals surface area contributed by atoms with E-state index in [4.69, 9.17) is 14.3 Å². The summed E-state index contributed by atoms with van der Waals surface area (Å²) in [6, 6.07) is 18.4. The Morgan fingerprint density at radius 3 is 2.55 bits per heavy atom. The molecule has 2 aromatic heterocycles. The predicted molar refractivity (Wildman–Crippen MR) is 164 cm³/mol. The van der Waals surface area contributed by atoms with Gasteiger partial charge in [0.1, 0.15) is 17.2 Å². The molecular weight excluding hydrogens is 553 g/mol. The Labute approximate surface area is 244 Å². The summed E-state index contributed by atoms with van der Waals surface area (Å²) >= 11 is 0. The molecule has 0 bridgehead atoms. The third-order valence-electron chi connectivity index (χ3n) is 7.11. The van der Waals surface area contributed by atoms with Crippen LogP contribution in [0.4, 0.5) is 0 Å². The maximum atomic E-state index is 14.0.